The number of hydrogen-bond acceptors (Lipinski definition) is 3. The summed E-state index contributed by atoms with van der Waals surface area (Å²) in [6.45, 7) is 0. The number of nitrogens with one attached hydrogen (secondary N) is 2. The molecule has 27 heavy (non-hydrogen) atoms. The summed E-state index contributed by atoms with van der Waals surface area (Å²) in [5.74, 6) is 0.463. The molecule has 0 aliphatic carbocycles. The second kappa shape index (κ2) is 8.58. The van der Waals surface area contributed by atoms with Crippen molar-refractivity contribution in [1.29, 1.82) is 0 Å². The van der Waals surface area contributed by atoms with Gasteiger partial charge in [-0.2, -0.15) is 0 Å². The van der Waals surface area contributed by atoms with Crippen LogP contribution in [0.3, 0.4) is 0 Å². The van der Waals surface area contributed by atoms with Gasteiger partial charge in [0.2, 0.25) is 0 Å². The maximum absolute atomic E-state index is 11.9. The smallest absolute Gasteiger partial charge is 0.326 e. The van der Waals surface area contributed by atoms with Gasteiger partial charge in [-0.25, -0.2) is 4.79 Å². The van der Waals surface area contributed by atoms with Crippen LogP contribution in [0.5, 0.6) is 11.5 Å². The highest BCUT2D eigenvalue weighted by Crippen LogP contribution is 2.34. The second-order valence-corrected chi connectivity index (χ2v) is 6.24. The number of benzene rings is 3. The molecule has 0 bridgehead atoms. The minimum Gasteiger partial charge on any atom is -0.456 e. The molecule has 0 unspecified atom stereocenters. The van der Waals surface area contributed by atoms with Gasteiger partial charge in [-0.05, 0) is 48.5 Å². The summed E-state index contributed by atoms with van der Waals surface area (Å²) < 4.78 is 5.67. The Morgan fingerprint density at radius 1 is 0.815 bits per heavy atom. The number of imide groups is 1. The van der Waals surface area contributed by atoms with E-state index in [1.807, 2.05) is 0 Å². The summed E-state index contributed by atoms with van der Waals surface area (Å²) in [4.78, 5) is 23.9. The lowest BCUT2D eigenvalue weighted by Crippen LogP contribution is -2.34. The van der Waals surface area contributed by atoms with Crippen molar-refractivity contribution in [2.75, 3.05) is 5.32 Å². The van der Waals surface area contributed by atoms with E-state index in [9.17, 15) is 9.59 Å². The standard InChI is InChI=1S/C20H14Cl2N2O3/c21-16-7-4-8-17(18(16)22)27-15-11-9-14(10-12-15)23-20(26)24-19(25)13-5-2-1-3-6-13/h1-12H,(H2,23,24,25,26). The highest BCUT2D eigenvalue weighted by Gasteiger charge is 2.10. The molecule has 2 N–H and O–H groups in total. The second-order valence-electron chi connectivity index (χ2n) is 5.45. The van der Waals surface area contributed by atoms with E-state index in [1.54, 1.807) is 72.8 Å². The van der Waals surface area contributed by atoms with Gasteiger partial charge in [-0.1, -0.05) is 47.5 Å². The van der Waals surface area contributed by atoms with E-state index >= 15 is 0 Å². The molecule has 0 aliphatic rings. The van der Waals surface area contributed by atoms with Gasteiger partial charge in [-0.15, -0.1) is 0 Å². The van der Waals surface area contributed by atoms with Gasteiger partial charge in [0.1, 0.15) is 16.5 Å². The number of carbonyl (C=O) groups excluding carboxylic acids is 2. The Morgan fingerprint density at radius 2 is 1.52 bits per heavy atom. The van der Waals surface area contributed by atoms with Crippen molar-refractivity contribution >= 4 is 40.8 Å². The molecule has 0 heterocycles. The van der Waals surface area contributed by atoms with Gasteiger partial charge in [0.25, 0.3) is 5.91 Å². The Morgan fingerprint density at radius 3 is 2.22 bits per heavy atom. The molecule has 0 saturated heterocycles. The third kappa shape index (κ3) is 5.00. The van der Waals surface area contributed by atoms with Crippen molar-refractivity contribution in [3.05, 3.63) is 88.4 Å². The van der Waals surface area contributed by atoms with Crippen LogP contribution in [0.15, 0.2) is 72.8 Å². The Balaban J connectivity index is 1.59. The zero-order valence-electron chi connectivity index (χ0n) is 13.9. The van der Waals surface area contributed by atoms with E-state index in [0.717, 1.165) is 0 Å². The topological polar surface area (TPSA) is 67.4 Å². The van der Waals surface area contributed by atoms with Crippen molar-refractivity contribution in [3.63, 3.8) is 0 Å². The fourth-order valence-electron chi connectivity index (χ4n) is 2.22. The fourth-order valence-corrected chi connectivity index (χ4v) is 2.55. The molecule has 3 rings (SSSR count). The van der Waals surface area contributed by atoms with Gasteiger partial charge in [0, 0.05) is 11.3 Å². The van der Waals surface area contributed by atoms with Gasteiger partial charge >= 0.3 is 6.03 Å². The molecule has 7 heteroatoms. The summed E-state index contributed by atoms with van der Waals surface area (Å²) in [6.07, 6.45) is 0. The Kier molecular flexibility index (Phi) is 5.96. The third-order valence-electron chi connectivity index (χ3n) is 3.52. The predicted octanol–water partition coefficient (Wildman–Crippen LogP) is 5.75. The van der Waals surface area contributed by atoms with Gasteiger partial charge in [0.05, 0.1) is 5.02 Å². The van der Waals surface area contributed by atoms with Crippen LogP contribution in [0.25, 0.3) is 0 Å². The molecule has 0 saturated carbocycles. The largest absolute Gasteiger partial charge is 0.456 e. The lowest BCUT2D eigenvalue weighted by Gasteiger charge is -2.10. The molecule has 5 nitrogen and oxygen atoms in total. The molecular weight excluding hydrogens is 387 g/mol. The molecule has 0 spiro atoms. The molecule has 0 aromatic heterocycles. The van der Waals surface area contributed by atoms with Crippen molar-refractivity contribution in [2.45, 2.75) is 0 Å². The highest BCUT2D eigenvalue weighted by molar-refractivity contribution is 6.42. The first kappa shape index (κ1) is 18.8. The van der Waals surface area contributed by atoms with E-state index in [2.05, 4.69) is 10.6 Å². The van der Waals surface area contributed by atoms with Crippen LogP contribution in [0.2, 0.25) is 10.0 Å². The number of anilines is 1. The molecule has 136 valence electrons. The number of ether oxygens (including phenoxy) is 1. The molecule has 0 fully saturated rings. The van der Waals surface area contributed by atoms with Crippen LogP contribution in [-0.4, -0.2) is 11.9 Å². The summed E-state index contributed by atoms with van der Waals surface area (Å²) in [5, 5.41) is 5.56. The molecule has 3 aromatic rings. The molecular formula is C20H14Cl2N2O3. The van der Waals surface area contributed by atoms with Crippen molar-refractivity contribution in [1.82, 2.24) is 5.32 Å². The number of rotatable bonds is 4. The van der Waals surface area contributed by atoms with Crippen LogP contribution in [-0.2, 0) is 0 Å². The van der Waals surface area contributed by atoms with Crippen LogP contribution < -0.4 is 15.4 Å². The predicted molar refractivity (Wildman–Crippen MR) is 106 cm³/mol. The van der Waals surface area contributed by atoms with Crippen molar-refractivity contribution < 1.29 is 14.3 Å². The van der Waals surface area contributed by atoms with Crippen LogP contribution in [0.4, 0.5) is 10.5 Å². The van der Waals surface area contributed by atoms with Crippen LogP contribution in [0, 0.1) is 0 Å². The first-order chi connectivity index (χ1) is 13.0. The fraction of sp³-hybridized carbons (Fsp3) is 0. The normalized spacial score (nSPS) is 10.1. The summed E-state index contributed by atoms with van der Waals surface area (Å²) in [6, 6.07) is 19.5. The summed E-state index contributed by atoms with van der Waals surface area (Å²) in [5.41, 5.74) is 0.896. The quantitative estimate of drug-likeness (QED) is 0.585. The Bertz CT molecular complexity index is 961. The monoisotopic (exact) mass is 400 g/mol. The summed E-state index contributed by atoms with van der Waals surface area (Å²) in [7, 11) is 0. The minimum atomic E-state index is -0.629. The lowest BCUT2D eigenvalue weighted by atomic mass is 10.2. The average molecular weight is 401 g/mol. The Labute approximate surface area is 165 Å². The molecule has 0 aliphatic heterocycles. The number of hydrogen-bond donors (Lipinski definition) is 2. The number of urea groups is 1. The SMILES string of the molecule is O=C(NC(=O)c1ccccc1)Nc1ccc(Oc2cccc(Cl)c2Cl)cc1. The van der Waals surface area contributed by atoms with E-state index in [0.29, 0.717) is 32.8 Å². The maximum Gasteiger partial charge on any atom is 0.326 e. The number of carbonyl (C=O) groups is 2. The van der Waals surface area contributed by atoms with Crippen LogP contribution >= 0.6 is 23.2 Å². The number of amides is 3. The van der Waals surface area contributed by atoms with E-state index in [-0.39, 0.29) is 0 Å². The molecule has 3 amide bonds. The van der Waals surface area contributed by atoms with Gasteiger partial charge in [-0.3, -0.25) is 10.1 Å². The third-order valence-corrected chi connectivity index (χ3v) is 4.32. The van der Waals surface area contributed by atoms with Crippen LogP contribution in [0.1, 0.15) is 10.4 Å². The molecule has 3 aromatic carbocycles. The zero-order chi connectivity index (χ0) is 19.2. The van der Waals surface area contributed by atoms with Crippen molar-refractivity contribution in [3.8, 4) is 11.5 Å². The molecule has 0 radical (unpaired) electrons. The number of halogens is 2. The first-order valence-electron chi connectivity index (χ1n) is 7.92. The maximum atomic E-state index is 11.9. The summed E-state index contributed by atoms with van der Waals surface area (Å²) >= 11 is 12.0. The first-order valence-corrected chi connectivity index (χ1v) is 8.68. The van der Waals surface area contributed by atoms with E-state index < -0.39 is 11.9 Å². The highest BCUT2D eigenvalue weighted by atomic mass is 35.5. The zero-order valence-corrected chi connectivity index (χ0v) is 15.4. The minimum absolute atomic E-state index is 0.320. The van der Waals surface area contributed by atoms with E-state index in [1.165, 1.54) is 0 Å². The lowest BCUT2D eigenvalue weighted by molar-refractivity contribution is 0.0967. The average Bonchev–Trinajstić information content (AvgIpc) is 2.67. The molecule has 0 atom stereocenters. The Hall–Kier alpha value is -3.02. The van der Waals surface area contributed by atoms with Gasteiger partial charge in [0.15, 0.2) is 0 Å². The van der Waals surface area contributed by atoms with E-state index in [4.69, 9.17) is 27.9 Å². The van der Waals surface area contributed by atoms with Crippen molar-refractivity contribution in [2.24, 2.45) is 0 Å². The van der Waals surface area contributed by atoms with Gasteiger partial charge < -0.3 is 10.1 Å².